The first-order valence-corrected chi connectivity index (χ1v) is 8.72. The average Bonchev–Trinajstić information content (AvgIpc) is 2.78. The molecule has 0 aromatic carbocycles. The standard InChI is InChI=1S/C11H14ClN5O2S2/c1-6(2)3-9-15-16-11(20-9)17-21(18,19)7-4-8(12)10(13)14-5-7/h4-6H,3H2,1-2H3,(H2,13,14)(H,16,17). The molecule has 0 saturated carbocycles. The van der Waals surface area contributed by atoms with Crippen LogP contribution >= 0.6 is 22.9 Å². The SMILES string of the molecule is CC(C)Cc1nnc(NS(=O)(=O)c2cnc(N)c(Cl)c2)s1. The Kier molecular flexibility index (Phi) is 4.64. The molecule has 0 aliphatic heterocycles. The minimum atomic E-state index is -3.81. The van der Waals surface area contributed by atoms with Gasteiger partial charge in [0.15, 0.2) is 0 Å². The number of hydrogen-bond donors (Lipinski definition) is 2. The van der Waals surface area contributed by atoms with Crippen molar-refractivity contribution in [2.24, 2.45) is 5.92 Å². The summed E-state index contributed by atoms with van der Waals surface area (Å²) >= 11 is 6.98. The normalized spacial score (nSPS) is 11.8. The zero-order valence-corrected chi connectivity index (χ0v) is 13.8. The van der Waals surface area contributed by atoms with Crippen LogP contribution in [0, 0.1) is 5.92 Å². The molecule has 0 saturated heterocycles. The van der Waals surface area contributed by atoms with Gasteiger partial charge in [-0.3, -0.25) is 4.72 Å². The highest BCUT2D eigenvalue weighted by atomic mass is 35.5. The zero-order chi connectivity index (χ0) is 15.6. The van der Waals surface area contributed by atoms with Crippen LogP contribution in [0.25, 0.3) is 0 Å². The van der Waals surface area contributed by atoms with E-state index in [0.717, 1.165) is 17.6 Å². The third-order valence-electron chi connectivity index (χ3n) is 2.43. The van der Waals surface area contributed by atoms with Crippen LogP contribution in [0.2, 0.25) is 5.02 Å². The van der Waals surface area contributed by atoms with Gasteiger partial charge in [0.1, 0.15) is 15.7 Å². The van der Waals surface area contributed by atoms with E-state index < -0.39 is 10.0 Å². The molecule has 10 heteroatoms. The quantitative estimate of drug-likeness (QED) is 0.857. The number of nitrogen functional groups attached to an aromatic ring is 1. The summed E-state index contributed by atoms with van der Waals surface area (Å²) in [5, 5.41) is 8.83. The van der Waals surface area contributed by atoms with Crippen molar-refractivity contribution in [1.82, 2.24) is 15.2 Å². The fraction of sp³-hybridized carbons (Fsp3) is 0.364. The summed E-state index contributed by atoms with van der Waals surface area (Å²) in [5.74, 6) is 0.494. The summed E-state index contributed by atoms with van der Waals surface area (Å²) in [6.45, 7) is 4.10. The number of nitrogens with one attached hydrogen (secondary N) is 1. The van der Waals surface area contributed by atoms with Crippen LogP contribution in [-0.4, -0.2) is 23.6 Å². The molecule has 2 aromatic heterocycles. The molecule has 0 unspecified atom stereocenters. The van der Waals surface area contributed by atoms with Crippen LogP contribution in [0.15, 0.2) is 17.2 Å². The molecule has 0 atom stereocenters. The largest absolute Gasteiger partial charge is 0.382 e. The Hall–Kier alpha value is -1.45. The van der Waals surface area contributed by atoms with E-state index in [-0.39, 0.29) is 20.9 Å². The summed E-state index contributed by atoms with van der Waals surface area (Å²) in [5.41, 5.74) is 5.46. The maximum atomic E-state index is 12.2. The van der Waals surface area contributed by atoms with Gasteiger partial charge in [0, 0.05) is 12.6 Å². The van der Waals surface area contributed by atoms with Gasteiger partial charge in [-0.25, -0.2) is 13.4 Å². The van der Waals surface area contributed by atoms with Crippen molar-refractivity contribution in [1.29, 1.82) is 0 Å². The highest BCUT2D eigenvalue weighted by Gasteiger charge is 2.18. The van der Waals surface area contributed by atoms with Crippen molar-refractivity contribution in [2.45, 2.75) is 25.2 Å². The molecule has 0 radical (unpaired) electrons. The van der Waals surface area contributed by atoms with Gasteiger partial charge < -0.3 is 5.73 Å². The third kappa shape index (κ3) is 4.02. The van der Waals surface area contributed by atoms with Crippen LogP contribution in [-0.2, 0) is 16.4 Å². The average molecular weight is 348 g/mol. The van der Waals surface area contributed by atoms with Gasteiger partial charge in [0.05, 0.1) is 5.02 Å². The topological polar surface area (TPSA) is 111 Å². The zero-order valence-electron chi connectivity index (χ0n) is 11.4. The molecule has 114 valence electrons. The second-order valence-electron chi connectivity index (χ2n) is 4.74. The number of rotatable bonds is 5. The van der Waals surface area contributed by atoms with Crippen molar-refractivity contribution in [3.63, 3.8) is 0 Å². The van der Waals surface area contributed by atoms with E-state index in [2.05, 4.69) is 19.9 Å². The lowest BCUT2D eigenvalue weighted by Crippen LogP contribution is -2.13. The highest BCUT2D eigenvalue weighted by molar-refractivity contribution is 7.93. The molecule has 0 aliphatic rings. The summed E-state index contributed by atoms with van der Waals surface area (Å²) in [4.78, 5) is 3.64. The second-order valence-corrected chi connectivity index (χ2v) is 7.89. The van der Waals surface area contributed by atoms with Gasteiger partial charge in [-0.05, 0) is 12.0 Å². The van der Waals surface area contributed by atoms with Crippen LogP contribution in [0.1, 0.15) is 18.9 Å². The molecule has 0 bridgehead atoms. The van der Waals surface area contributed by atoms with Crippen LogP contribution in [0.4, 0.5) is 10.9 Å². The first kappa shape index (κ1) is 15.9. The maximum absolute atomic E-state index is 12.2. The van der Waals surface area contributed by atoms with Gasteiger partial charge >= 0.3 is 0 Å². The van der Waals surface area contributed by atoms with Crippen molar-refractivity contribution in [3.8, 4) is 0 Å². The molecule has 0 aliphatic carbocycles. The number of sulfonamides is 1. The van der Waals surface area contributed by atoms with Gasteiger partial charge in [-0.15, -0.1) is 10.2 Å². The van der Waals surface area contributed by atoms with E-state index in [1.807, 2.05) is 13.8 Å². The summed E-state index contributed by atoms with van der Waals surface area (Å²) in [6, 6.07) is 1.24. The lowest BCUT2D eigenvalue weighted by molar-refractivity contribution is 0.600. The molecule has 2 aromatic rings. The van der Waals surface area contributed by atoms with Crippen molar-refractivity contribution in [2.75, 3.05) is 10.5 Å². The number of anilines is 2. The van der Waals surface area contributed by atoms with Crippen molar-refractivity contribution < 1.29 is 8.42 Å². The van der Waals surface area contributed by atoms with E-state index in [4.69, 9.17) is 17.3 Å². The Morgan fingerprint density at radius 2 is 2.14 bits per heavy atom. The number of pyridine rings is 1. The Labute approximate surface area is 131 Å². The lowest BCUT2D eigenvalue weighted by atomic mass is 10.1. The number of nitrogens with zero attached hydrogens (tertiary/aromatic N) is 3. The van der Waals surface area contributed by atoms with Gasteiger partial charge in [0.2, 0.25) is 5.13 Å². The minimum absolute atomic E-state index is 0.0748. The number of aromatic nitrogens is 3. The molecule has 0 fully saturated rings. The van der Waals surface area contributed by atoms with E-state index >= 15 is 0 Å². The molecule has 0 amide bonds. The smallest absolute Gasteiger partial charge is 0.265 e. The van der Waals surface area contributed by atoms with Crippen molar-refractivity contribution >= 4 is 43.9 Å². The van der Waals surface area contributed by atoms with Gasteiger partial charge in [-0.1, -0.05) is 36.8 Å². The molecule has 3 N–H and O–H groups in total. The monoisotopic (exact) mass is 347 g/mol. The predicted molar refractivity (Wildman–Crippen MR) is 82.9 cm³/mol. The third-order valence-corrected chi connectivity index (χ3v) is 5.03. The molecule has 2 rings (SSSR count). The van der Waals surface area contributed by atoms with Crippen LogP contribution < -0.4 is 10.5 Å². The summed E-state index contributed by atoms with van der Waals surface area (Å²) in [6.07, 6.45) is 1.88. The minimum Gasteiger partial charge on any atom is -0.382 e. The molecule has 0 spiro atoms. The fourth-order valence-corrected chi connectivity index (χ4v) is 3.86. The Balaban J connectivity index is 2.20. The maximum Gasteiger partial charge on any atom is 0.265 e. The summed E-state index contributed by atoms with van der Waals surface area (Å²) < 4.78 is 26.7. The van der Waals surface area contributed by atoms with Crippen molar-refractivity contribution in [3.05, 3.63) is 22.3 Å². The Bertz CT molecular complexity index is 745. The van der Waals surface area contributed by atoms with Gasteiger partial charge in [-0.2, -0.15) is 0 Å². The van der Waals surface area contributed by atoms with Gasteiger partial charge in [0.25, 0.3) is 10.0 Å². The lowest BCUT2D eigenvalue weighted by Gasteiger charge is -2.05. The van der Waals surface area contributed by atoms with E-state index in [1.54, 1.807) is 0 Å². The Morgan fingerprint density at radius 3 is 2.76 bits per heavy atom. The molecule has 21 heavy (non-hydrogen) atoms. The molecule has 7 nitrogen and oxygen atoms in total. The summed E-state index contributed by atoms with van der Waals surface area (Å²) in [7, 11) is -3.81. The van der Waals surface area contributed by atoms with E-state index in [9.17, 15) is 8.42 Å². The van der Waals surface area contributed by atoms with E-state index in [1.165, 1.54) is 17.4 Å². The number of hydrogen-bond acceptors (Lipinski definition) is 7. The first-order chi connectivity index (χ1) is 9.78. The fourth-order valence-electron chi connectivity index (χ4n) is 1.48. The number of nitrogens with two attached hydrogens (primary N) is 1. The second kappa shape index (κ2) is 6.12. The molecular weight excluding hydrogens is 334 g/mol. The molecular formula is C11H14ClN5O2S2. The predicted octanol–water partition coefficient (Wildman–Crippen LogP) is 2.17. The van der Waals surface area contributed by atoms with Crippen LogP contribution in [0.5, 0.6) is 0 Å². The van der Waals surface area contributed by atoms with Crippen LogP contribution in [0.3, 0.4) is 0 Å². The molecule has 2 heterocycles. The first-order valence-electron chi connectivity index (χ1n) is 6.04. The van der Waals surface area contributed by atoms with E-state index in [0.29, 0.717) is 5.92 Å². The number of halogens is 1. The Morgan fingerprint density at radius 1 is 1.43 bits per heavy atom. The highest BCUT2D eigenvalue weighted by Crippen LogP contribution is 2.24.